The van der Waals surface area contributed by atoms with E-state index in [1.165, 1.54) is 12.4 Å². The van der Waals surface area contributed by atoms with Gasteiger partial charge in [-0.15, -0.1) is 0 Å². The maximum atomic E-state index is 11.6. The largest absolute Gasteiger partial charge is 0.367 e. The van der Waals surface area contributed by atoms with Crippen molar-refractivity contribution in [2.24, 2.45) is 0 Å². The highest BCUT2D eigenvalue weighted by Crippen LogP contribution is 1.92. The molecule has 5 heteroatoms. The number of rotatable bonds is 3. The molecule has 60 valence electrons. The van der Waals surface area contributed by atoms with Gasteiger partial charge in [-0.05, 0) is 0 Å². The van der Waals surface area contributed by atoms with E-state index in [0.29, 0.717) is 5.82 Å². The van der Waals surface area contributed by atoms with Crippen LogP contribution in [0.5, 0.6) is 0 Å². The lowest BCUT2D eigenvalue weighted by atomic mass is 10.5. The summed E-state index contributed by atoms with van der Waals surface area (Å²) in [4.78, 5) is 16.7. The molecular formula is C6H8FN3O. The van der Waals surface area contributed by atoms with Crippen LogP contribution < -0.4 is 10.9 Å². The number of alkyl halides is 1. The SMILES string of the molecule is O=c1cc(NCCF)nc[nH]1. The lowest BCUT2D eigenvalue weighted by molar-refractivity contribution is 0.512. The summed E-state index contributed by atoms with van der Waals surface area (Å²) in [6.07, 6.45) is 1.27. The van der Waals surface area contributed by atoms with Gasteiger partial charge in [-0.25, -0.2) is 9.37 Å². The van der Waals surface area contributed by atoms with E-state index in [1.807, 2.05) is 0 Å². The van der Waals surface area contributed by atoms with Crippen molar-refractivity contribution < 1.29 is 4.39 Å². The molecule has 2 N–H and O–H groups in total. The Balaban J connectivity index is 2.64. The van der Waals surface area contributed by atoms with E-state index < -0.39 is 6.67 Å². The third-order valence-corrected chi connectivity index (χ3v) is 1.08. The second kappa shape index (κ2) is 3.70. The number of hydrogen-bond donors (Lipinski definition) is 2. The molecule has 0 radical (unpaired) electrons. The molecule has 0 unspecified atom stereocenters. The molecule has 0 aliphatic heterocycles. The van der Waals surface area contributed by atoms with Crippen LogP contribution in [0.2, 0.25) is 0 Å². The highest BCUT2D eigenvalue weighted by molar-refractivity contribution is 5.31. The van der Waals surface area contributed by atoms with Crippen LogP contribution in [0.1, 0.15) is 0 Å². The number of nitrogens with one attached hydrogen (secondary N) is 2. The third kappa shape index (κ3) is 2.37. The minimum Gasteiger partial charge on any atom is -0.367 e. The number of nitrogens with zero attached hydrogens (tertiary/aromatic N) is 1. The third-order valence-electron chi connectivity index (χ3n) is 1.08. The van der Waals surface area contributed by atoms with Gasteiger partial charge in [-0.2, -0.15) is 0 Å². The quantitative estimate of drug-likeness (QED) is 0.656. The second-order valence-corrected chi connectivity index (χ2v) is 1.91. The lowest BCUT2D eigenvalue weighted by Gasteiger charge is -1.98. The van der Waals surface area contributed by atoms with Gasteiger partial charge in [0.05, 0.1) is 6.33 Å². The van der Waals surface area contributed by atoms with E-state index in [0.717, 1.165) is 0 Å². The fourth-order valence-corrected chi connectivity index (χ4v) is 0.641. The molecule has 0 amide bonds. The van der Waals surface area contributed by atoms with Crippen LogP contribution in [0.4, 0.5) is 10.2 Å². The van der Waals surface area contributed by atoms with Gasteiger partial charge >= 0.3 is 0 Å². The first-order chi connectivity index (χ1) is 5.33. The van der Waals surface area contributed by atoms with Crippen molar-refractivity contribution in [1.29, 1.82) is 0 Å². The molecule has 4 nitrogen and oxygen atoms in total. The molecule has 1 aromatic heterocycles. The molecule has 0 bridgehead atoms. The molecule has 0 saturated carbocycles. The molecule has 0 aliphatic rings. The van der Waals surface area contributed by atoms with E-state index in [-0.39, 0.29) is 12.1 Å². The smallest absolute Gasteiger partial charge is 0.252 e. The Morgan fingerprint density at radius 1 is 1.73 bits per heavy atom. The summed E-state index contributed by atoms with van der Waals surface area (Å²) in [6, 6.07) is 1.27. The fraction of sp³-hybridized carbons (Fsp3) is 0.333. The van der Waals surface area contributed by atoms with Crippen molar-refractivity contribution in [3.63, 3.8) is 0 Å². The Labute approximate surface area is 62.5 Å². The minimum absolute atomic E-state index is 0.177. The van der Waals surface area contributed by atoms with Gasteiger partial charge in [0.2, 0.25) is 0 Å². The highest BCUT2D eigenvalue weighted by atomic mass is 19.1. The fourth-order valence-electron chi connectivity index (χ4n) is 0.641. The topological polar surface area (TPSA) is 57.8 Å². The predicted octanol–water partition coefficient (Wildman–Crippen LogP) is 0.151. The normalized spacial score (nSPS) is 9.55. The molecule has 1 heterocycles. The van der Waals surface area contributed by atoms with E-state index >= 15 is 0 Å². The molecule has 1 aromatic rings. The zero-order chi connectivity index (χ0) is 8.10. The second-order valence-electron chi connectivity index (χ2n) is 1.91. The molecule has 0 atom stereocenters. The monoisotopic (exact) mass is 157 g/mol. The van der Waals surface area contributed by atoms with Crippen LogP contribution in [-0.2, 0) is 0 Å². The van der Waals surface area contributed by atoms with Gasteiger partial charge < -0.3 is 10.3 Å². The first kappa shape index (κ1) is 7.71. The van der Waals surface area contributed by atoms with Crippen molar-refractivity contribution in [2.75, 3.05) is 18.5 Å². The molecule has 0 saturated heterocycles. The Bertz CT molecular complexity index is 273. The van der Waals surface area contributed by atoms with Crippen LogP contribution >= 0.6 is 0 Å². The Hall–Kier alpha value is -1.39. The number of hydrogen-bond acceptors (Lipinski definition) is 3. The first-order valence-corrected chi connectivity index (χ1v) is 3.17. The number of aromatic nitrogens is 2. The average Bonchev–Trinajstić information content (AvgIpc) is 2.01. The number of halogens is 1. The average molecular weight is 157 g/mol. The van der Waals surface area contributed by atoms with Crippen molar-refractivity contribution in [2.45, 2.75) is 0 Å². The van der Waals surface area contributed by atoms with Gasteiger partial charge in [0.25, 0.3) is 5.56 Å². The summed E-state index contributed by atoms with van der Waals surface area (Å²) in [6.45, 7) is -0.301. The van der Waals surface area contributed by atoms with Gasteiger partial charge in [-0.1, -0.05) is 0 Å². The molecule has 0 fully saturated rings. The summed E-state index contributed by atoms with van der Waals surface area (Å²) < 4.78 is 11.6. The minimum atomic E-state index is -0.478. The zero-order valence-corrected chi connectivity index (χ0v) is 5.80. The molecule has 0 aliphatic carbocycles. The first-order valence-electron chi connectivity index (χ1n) is 3.17. The molecule has 1 rings (SSSR count). The van der Waals surface area contributed by atoms with Crippen molar-refractivity contribution in [3.8, 4) is 0 Å². The molecule has 0 aromatic carbocycles. The maximum Gasteiger partial charge on any atom is 0.252 e. The van der Waals surface area contributed by atoms with Crippen LogP contribution in [0.15, 0.2) is 17.2 Å². The summed E-state index contributed by atoms with van der Waals surface area (Å²) in [5.74, 6) is 0.395. The van der Waals surface area contributed by atoms with Crippen molar-refractivity contribution >= 4 is 5.82 Å². The van der Waals surface area contributed by atoms with Crippen LogP contribution in [-0.4, -0.2) is 23.2 Å². The summed E-state index contributed by atoms with van der Waals surface area (Å²) in [7, 11) is 0. The molecular weight excluding hydrogens is 149 g/mol. The van der Waals surface area contributed by atoms with E-state index in [4.69, 9.17) is 0 Å². The van der Waals surface area contributed by atoms with E-state index in [1.54, 1.807) is 0 Å². The Morgan fingerprint density at radius 2 is 2.55 bits per heavy atom. The number of aromatic amines is 1. The number of anilines is 1. The van der Waals surface area contributed by atoms with Crippen molar-refractivity contribution in [3.05, 3.63) is 22.7 Å². The highest BCUT2D eigenvalue weighted by Gasteiger charge is 1.91. The maximum absolute atomic E-state index is 11.6. The summed E-state index contributed by atoms with van der Waals surface area (Å²) >= 11 is 0. The van der Waals surface area contributed by atoms with Gasteiger partial charge in [-0.3, -0.25) is 4.79 Å². The van der Waals surface area contributed by atoms with Crippen LogP contribution in [0.3, 0.4) is 0 Å². The van der Waals surface area contributed by atoms with Crippen molar-refractivity contribution in [1.82, 2.24) is 9.97 Å². The van der Waals surface area contributed by atoms with Crippen LogP contribution in [0.25, 0.3) is 0 Å². The number of H-pyrrole nitrogens is 1. The van der Waals surface area contributed by atoms with Gasteiger partial charge in [0.15, 0.2) is 0 Å². The predicted molar refractivity (Wildman–Crippen MR) is 39.3 cm³/mol. The van der Waals surface area contributed by atoms with E-state index in [2.05, 4.69) is 15.3 Å². The zero-order valence-electron chi connectivity index (χ0n) is 5.80. The molecule has 11 heavy (non-hydrogen) atoms. The molecule has 0 spiro atoms. The Kier molecular flexibility index (Phi) is 2.59. The Morgan fingerprint density at radius 3 is 3.18 bits per heavy atom. The summed E-state index contributed by atoms with van der Waals surface area (Å²) in [5.41, 5.74) is -0.249. The standard InChI is InChI=1S/C6H8FN3O/c7-1-2-8-5-3-6(11)10-4-9-5/h3-4H,1-2H2,(H2,8,9,10,11). The van der Waals surface area contributed by atoms with E-state index in [9.17, 15) is 9.18 Å². The summed E-state index contributed by atoms with van der Waals surface area (Å²) in [5, 5.41) is 2.63. The van der Waals surface area contributed by atoms with Gasteiger partial charge in [0.1, 0.15) is 12.5 Å². The lowest BCUT2D eigenvalue weighted by Crippen LogP contribution is -2.10. The van der Waals surface area contributed by atoms with Crippen LogP contribution in [0, 0.1) is 0 Å². The van der Waals surface area contributed by atoms with Gasteiger partial charge in [0, 0.05) is 12.6 Å².